The van der Waals surface area contributed by atoms with Crippen LogP contribution in [0.1, 0.15) is 39.0 Å². The lowest BCUT2D eigenvalue weighted by molar-refractivity contribution is -0.211. The molecular formula is C14H20F2O6S. The summed E-state index contributed by atoms with van der Waals surface area (Å²) >= 11 is 0. The number of hydrogen-bond donors (Lipinski definition) is 2. The van der Waals surface area contributed by atoms with E-state index in [0.717, 1.165) is 12.8 Å². The van der Waals surface area contributed by atoms with Gasteiger partial charge in [-0.3, -0.25) is 9.35 Å². The third kappa shape index (κ3) is 2.56. The summed E-state index contributed by atoms with van der Waals surface area (Å²) in [5.41, 5.74) is -1.78. The molecule has 4 aliphatic rings. The van der Waals surface area contributed by atoms with Crippen molar-refractivity contribution in [1.29, 1.82) is 0 Å². The van der Waals surface area contributed by atoms with E-state index in [-0.39, 0.29) is 17.8 Å². The zero-order valence-electron chi connectivity index (χ0n) is 12.7. The molecule has 0 radical (unpaired) electrons. The topological polar surface area (TPSA) is 101 Å². The van der Waals surface area contributed by atoms with Gasteiger partial charge in [-0.2, -0.15) is 17.2 Å². The van der Waals surface area contributed by atoms with Crippen molar-refractivity contribution < 1.29 is 36.4 Å². The lowest BCUT2D eigenvalue weighted by Gasteiger charge is -2.61. The second-order valence-electron chi connectivity index (χ2n) is 7.54. The van der Waals surface area contributed by atoms with E-state index in [1.54, 1.807) is 6.92 Å². The molecule has 0 aromatic carbocycles. The summed E-state index contributed by atoms with van der Waals surface area (Å²) in [5.74, 6) is -0.759. The Morgan fingerprint density at radius 1 is 1.26 bits per heavy atom. The van der Waals surface area contributed by atoms with Gasteiger partial charge in [-0.1, -0.05) is 0 Å². The van der Waals surface area contributed by atoms with Gasteiger partial charge in [-0.15, -0.1) is 0 Å². The Bertz CT molecular complexity index is 611. The Morgan fingerprint density at radius 3 is 2.26 bits per heavy atom. The first kappa shape index (κ1) is 17.0. The largest absolute Gasteiger partial charge is 0.458 e. The molecule has 0 spiro atoms. The highest BCUT2D eigenvalue weighted by Gasteiger charge is 2.63. The molecule has 0 aliphatic heterocycles. The van der Waals surface area contributed by atoms with E-state index in [2.05, 4.69) is 4.74 Å². The van der Waals surface area contributed by atoms with Crippen LogP contribution in [0.5, 0.6) is 0 Å². The first-order valence-electron chi connectivity index (χ1n) is 7.62. The van der Waals surface area contributed by atoms with E-state index in [4.69, 9.17) is 4.55 Å². The number of alkyl halides is 2. The van der Waals surface area contributed by atoms with E-state index < -0.39 is 39.0 Å². The molecule has 6 nitrogen and oxygen atoms in total. The van der Waals surface area contributed by atoms with Crippen LogP contribution in [0.25, 0.3) is 0 Å². The zero-order chi connectivity index (χ0) is 17.3. The Hall–Kier alpha value is -0.800. The lowest BCUT2D eigenvalue weighted by atomic mass is 9.45. The molecule has 0 heterocycles. The molecule has 2 unspecified atom stereocenters. The van der Waals surface area contributed by atoms with E-state index in [1.807, 2.05) is 0 Å². The Morgan fingerprint density at radius 2 is 1.78 bits per heavy atom. The predicted molar refractivity (Wildman–Crippen MR) is 74.1 cm³/mol. The van der Waals surface area contributed by atoms with Crippen molar-refractivity contribution in [1.82, 2.24) is 0 Å². The second-order valence-corrected chi connectivity index (χ2v) is 9.09. The highest BCUT2D eigenvalue weighted by Crippen LogP contribution is 2.63. The summed E-state index contributed by atoms with van der Waals surface area (Å²) in [6, 6.07) is 0. The van der Waals surface area contributed by atoms with Gasteiger partial charge >= 0.3 is 21.3 Å². The molecule has 132 valence electrons. The summed E-state index contributed by atoms with van der Waals surface area (Å²) in [7, 11) is -5.62. The van der Waals surface area contributed by atoms with E-state index in [0.29, 0.717) is 19.3 Å². The number of esters is 1. The summed E-state index contributed by atoms with van der Waals surface area (Å²) in [4.78, 5) is 12.4. The molecule has 2 N–H and O–H groups in total. The standard InChI is InChI=1S/C14H20F2O6S/c1-12(18)9-2-8-3-10(12)6-13(4-8,5-9)11(17)22-7-14(15,16)23(19,20)21/h8-10,18H,2-7H2,1H3,(H,19,20,21). The molecule has 0 saturated heterocycles. The number of ether oxygens (including phenoxy) is 1. The highest BCUT2D eigenvalue weighted by molar-refractivity contribution is 7.86. The van der Waals surface area contributed by atoms with Crippen LogP contribution >= 0.6 is 0 Å². The maximum Gasteiger partial charge on any atom is 0.402 e. The van der Waals surface area contributed by atoms with Crippen molar-refractivity contribution in [3.63, 3.8) is 0 Å². The fourth-order valence-corrected chi connectivity index (χ4v) is 5.04. The lowest BCUT2D eigenvalue weighted by Crippen LogP contribution is -2.62. The van der Waals surface area contributed by atoms with Gasteiger partial charge in [0, 0.05) is 0 Å². The van der Waals surface area contributed by atoms with Crippen molar-refractivity contribution in [3.8, 4) is 0 Å². The molecule has 4 rings (SSSR count). The van der Waals surface area contributed by atoms with Crippen LogP contribution in [-0.2, 0) is 19.6 Å². The normalized spacial score (nSPS) is 42.7. The smallest absolute Gasteiger partial charge is 0.402 e. The predicted octanol–water partition coefficient (Wildman–Crippen LogP) is 1.59. The van der Waals surface area contributed by atoms with E-state index in [1.165, 1.54) is 0 Å². The van der Waals surface area contributed by atoms with Gasteiger partial charge in [0.2, 0.25) is 0 Å². The van der Waals surface area contributed by atoms with Crippen LogP contribution in [-0.4, -0.2) is 41.5 Å². The first-order valence-corrected chi connectivity index (χ1v) is 9.06. The first-order chi connectivity index (χ1) is 10.4. The van der Waals surface area contributed by atoms with Crippen molar-refractivity contribution in [2.45, 2.75) is 49.9 Å². The number of hydrogen-bond acceptors (Lipinski definition) is 5. The Labute approximate surface area is 132 Å². The van der Waals surface area contributed by atoms with Crippen LogP contribution in [0.2, 0.25) is 0 Å². The van der Waals surface area contributed by atoms with Crippen LogP contribution in [0.15, 0.2) is 0 Å². The number of aliphatic hydroxyl groups is 1. The van der Waals surface area contributed by atoms with Crippen LogP contribution in [0.3, 0.4) is 0 Å². The molecular weight excluding hydrogens is 334 g/mol. The molecule has 4 aliphatic carbocycles. The minimum absolute atomic E-state index is 0.0802. The van der Waals surface area contributed by atoms with Crippen molar-refractivity contribution in [2.24, 2.45) is 23.2 Å². The van der Waals surface area contributed by atoms with Crippen molar-refractivity contribution >= 4 is 16.1 Å². The summed E-state index contributed by atoms with van der Waals surface area (Å²) < 4.78 is 60.7. The Kier molecular flexibility index (Phi) is 3.60. The number of halogens is 2. The Balaban J connectivity index is 1.74. The number of carbonyl (C=O) groups is 1. The van der Waals surface area contributed by atoms with Crippen LogP contribution < -0.4 is 0 Å². The van der Waals surface area contributed by atoms with Gasteiger partial charge in [0.15, 0.2) is 6.61 Å². The number of rotatable bonds is 4. The average molecular weight is 354 g/mol. The average Bonchev–Trinajstić information content (AvgIpc) is 2.40. The second kappa shape index (κ2) is 4.86. The van der Waals surface area contributed by atoms with E-state index >= 15 is 0 Å². The van der Waals surface area contributed by atoms with Gasteiger partial charge in [-0.25, -0.2) is 0 Å². The van der Waals surface area contributed by atoms with Gasteiger partial charge in [0.05, 0.1) is 11.0 Å². The molecule has 0 amide bonds. The van der Waals surface area contributed by atoms with Gasteiger partial charge in [0.25, 0.3) is 0 Å². The highest BCUT2D eigenvalue weighted by atomic mass is 32.2. The number of carbonyl (C=O) groups excluding carboxylic acids is 1. The molecule has 0 aromatic rings. The van der Waals surface area contributed by atoms with Crippen LogP contribution in [0.4, 0.5) is 8.78 Å². The third-order valence-electron chi connectivity index (χ3n) is 6.02. The molecule has 0 aromatic heterocycles. The van der Waals surface area contributed by atoms with Crippen molar-refractivity contribution in [2.75, 3.05) is 6.61 Å². The maximum atomic E-state index is 13.2. The molecule has 23 heavy (non-hydrogen) atoms. The minimum atomic E-state index is -5.62. The quantitative estimate of drug-likeness (QED) is 0.587. The molecule has 2 atom stereocenters. The summed E-state index contributed by atoms with van der Waals surface area (Å²) in [6.45, 7) is 0.0639. The van der Waals surface area contributed by atoms with Gasteiger partial charge in [-0.05, 0) is 56.8 Å². The summed E-state index contributed by atoms with van der Waals surface area (Å²) in [5, 5.41) is 6.05. The van der Waals surface area contributed by atoms with Gasteiger partial charge in [0.1, 0.15) is 0 Å². The zero-order valence-corrected chi connectivity index (χ0v) is 13.5. The molecule has 4 fully saturated rings. The third-order valence-corrected chi connectivity index (χ3v) is 6.90. The SMILES string of the molecule is CC1(O)C2CC3CC1CC(C(=O)OCC(F)(F)S(=O)(=O)O)(C3)C2. The molecule has 4 saturated carbocycles. The molecule has 9 heteroatoms. The summed E-state index contributed by atoms with van der Waals surface area (Å²) in [6.07, 6.45) is 2.86. The fourth-order valence-electron chi connectivity index (χ4n) is 4.83. The monoisotopic (exact) mass is 354 g/mol. The molecule has 4 bridgehead atoms. The maximum absolute atomic E-state index is 13.2. The van der Waals surface area contributed by atoms with E-state index in [9.17, 15) is 27.1 Å². The van der Waals surface area contributed by atoms with Crippen molar-refractivity contribution in [3.05, 3.63) is 0 Å². The van der Waals surface area contributed by atoms with Crippen LogP contribution in [0, 0.1) is 23.2 Å². The fraction of sp³-hybridized carbons (Fsp3) is 0.929. The van der Waals surface area contributed by atoms with Gasteiger partial charge < -0.3 is 9.84 Å². The minimum Gasteiger partial charge on any atom is -0.458 e.